The maximum atomic E-state index is 13.6. The lowest BCUT2D eigenvalue weighted by Gasteiger charge is -2.41. The fourth-order valence-corrected chi connectivity index (χ4v) is 4.69. The first kappa shape index (κ1) is 19.7. The molecule has 1 aromatic heterocycles. The summed E-state index contributed by atoms with van der Waals surface area (Å²) in [6.07, 6.45) is 8.95. The van der Waals surface area contributed by atoms with Gasteiger partial charge in [-0.2, -0.15) is 0 Å². The van der Waals surface area contributed by atoms with E-state index in [0.29, 0.717) is 12.5 Å². The zero-order valence-electron chi connectivity index (χ0n) is 17.2. The summed E-state index contributed by atoms with van der Waals surface area (Å²) in [6, 6.07) is 7.68. The molecule has 0 saturated heterocycles. The molecular formula is C23H29N3O3. The summed E-state index contributed by atoms with van der Waals surface area (Å²) in [5.74, 6) is -0.539. The van der Waals surface area contributed by atoms with E-state index in [1.54, 1.807) is 11.8 Å². The molecule has 1 aromatic carbocycles. The van der Waals surface area contributed by atoms with Crippen molar-refractivity contribution in [3.63, 3.8) is 0 Å². The summed E-state index contributed by atoms with van der Waals surface area (Å²) in [4.78, 5) is 33.2. The Morgan fingerprint density at radius 1 is 1.24 bits per heavy atom. The molecule has 1 amide bonds. The number of para-hydroxylation sites is 2. The van der Waals surface area contributed by atoms with Crippen molar-refractivity contribution < 1.29 is 14.3 Å². The Kier molecular flexibility index (Phi) is 5.69. The van der Waals surface area contributed by atoms with Crippen molar-refractivity contribution in [2.75, 3.05) is 18.1 Å². The van der Waals surface area contributed by atoms with E-state index in [-0.39, 0.29) is 24.5 Å². The molecule has 2 heterocycles. The summed E-state index contributed by atoms with van der Waals surface area (Å²) >= 11 is 0. The lowest BCUT2D eigenvalue weighted by Crippen LogP contribution is -2.52. The highest BCUT2D eigenvalue weighted by atomic mass is 16.5. The fraction of sp³-hybridized carbons (Fsp3) is 0.522. The summed E-state index contributed by atoms with van der Waals surface area (Å²) in [5, 5.41) is 0. The van der Waals surface area contributed by atoms with Crippen molar-refractivity contribution in [2.45, 2.75) is 52.0 Å². The monoisotopic (exact) mass is 395 g/mol. The largest absolute Gasteiger partial charge is 0.465 e. The van der Waals surface area contributed by atoms with Gasteiger partial charge in [0.2, 0.25) is 11.9 Å². The van der Waals surface area contributed by atoms with Crippen LogP contribution < -0.4 is 4.90 Å². The number of rotatable bonds is 6. The SMILES string of the molecule is CCCCN1C(=O)[C@H](C(=O)OCC)[C@H]([C@@H]2CC=CCC2)n2c1nc1ccccc12. The second kappa shape index (κ2) is 8.39. The van der Waals surface area contributed by atoms with Crippen LogP contribution in [-0.4, -0.2) is 34.6 Å². The number of fused-ring (bicyclic) bond motifs is 3. The summed E-state index contributed by atoms with van der Waals surface area (Å²) < 4.78 is 7.54. The molecule has 0 fully saturated rings. The molecule has 6 nitrogen and oxygen atoms in total. The van der Waals surface area contributed by atoms with E-state index in [4.69, 9.17) is 9.72 Å². The minimum absolute atomic E-state index is 0.167. The Hall–Kier alpha value is -2.63. The number of esters is 1. The first-order chi connectivity index (χ1) is 14.2. The van der Waals surface area contributed by atoms with Crippen LogP contribution in [0.4, 0.5) is 5.95 Å². The van der Waals surface area contributed by atoms with Crippen molar-refractivity contribution >= 4 is 28.9 Å². The smallest absolute Gasteiger partial charge is 0.320 e. The average molecular weight is 396 g/mol. The first-order valence-corrected chi connectivity index (χ1v) is 10.8. The van der Waals surface area contributed by atoms with Gasteiger partial charge < -0.3 is 9.30 Å². The minimum atomic E-state index is -0.826. The third-order valence-corrected chi connectivity index (χ3v) is 6.06. The molecule has 1 aliphatic carbocycles. The number of carbonyl (C=O) groups is 2. The van der Waals surface area contributed by atoms with Gasteiger partial charge in [-0.3, -0.25) is 14.5 Å². The molecule has 0 bridgehead atoms. The number of hydrogen-bond donors (Lipinski definition) is 0. The van der Waals surface area contributed by atoms with E-state index in [1.807, 2.05) is 24.3 Å². The Morgan fingerprint density at radius 3 is 2.79 bits per heavy atom. The lowest BCUT2D eigenvalue weighted by atomic mass is 9.79. The van der Waals surface area contributed by atoms with E-state index in [9.17, 15) is 9.59 Å². The number of carbonyl (C=O) groups excluding carboxylic acids is 2. The predicted molar refractivity (Wildman–Crippen MR) is 113 cm³/mol. The molecule has 0 saturated carbocycles. The van der Waals surface area contributed by atoms with E-state index < -0.39 is 11.9 Å². The quantitative estimate of drug-likeness (QED) is 0.416. The van der Waals surface area contributed by atoms with Crippen molar-refractivity contribution in [2.24, 2.45) is 11.8 Å². The lowest BCUT2D eigenvalue weighted by molar-refractivity contribution is -0.155. The minimum Gasteiger partial charge on any atom is -0.465 e. The normalized spacial score (nSPS) is 24.0. The van der Waals surface area contributed by atoms with Gasteiger partial charge in [0, 0.05) is 6.54 Å². The average Bonchev–Trinajstić information content (AvgIpc) is 3.12. The molecule has 29 heavy (non-hydrogen) atoms. The van der Waals surface area contributed by atoms with Crippen LogP contribution in [0.1, 0.15) is 52.0 Å². The third kappa shape index (κ3) is 3.45. The predicted octanol–water partition coefficient (Wildman–Crippen LogP) is 4.26. The highest BCUT2D eigenvalue weighted by Gasteiger charge is 2.49. The topological polar surface area (TPSA) is 64.4 Å². The van der Waals surface area contributed by atoms with E-state index in [2.05, 4.69) is 23.6 Å². The van der Waals surface area contributed by atoms with Gasteiger partial charge >= 0.3 is 5.97 Å². The van der Waals surface area contributed by atoms with Crippen LogP contribution in [-0.2, 0) is 14.3 Å². The van der Waals surface area contributed by atoms with Crippen LogP contribution in [0.2, 0.25) is 0 Å². The van der Waals surface area contributed by atoms with Gasteiger partial charge in [-0.05, 0) is 50.7 Å². The van der Waals surface area contributed by atoms with Gasteiger partial charge in [0.05, 0.1) is 23.7 Å². The number of unbranched alkanes of at least 4 members (excludes halogenated alkanes) is 1. The Bertz CT molecular complexity index is 933. The molecule has 1 aliphatic heterocycles. The molecule has 2 aromatic rings. The van der Waals surface area contributed by atoms with Crippen LogP contribution in [0.15, 0.2) is 36.4 Å². The molecule has 3 atom stereocenters. The van der Waals surface area contributed by atoms with Crippen LogP contribution in [0.5, 0.6) is 0 Å². The third-order valence-electron chi connectivity index (χ3n) is 6.06. The van der Waals surface area contributed by atoms with Crippen LogP contribution in [0, 0.1) is 11.8 Å². The fourth-order valence-electron chi connectivity index (χ4n) is 4.69. The Labute approximate surface area is 171 Å². The maximum absolute atomic E-state index is 13.6. The second-order valence-electron chi connectivity index (χ2n) is 7.88. The summed E-state index contributed by atoms with van der Waals surface area (Å²) in [6.45, 7) is 4.71. The zero-order valence-corrected chi connectivity index (χ0v) is 17.2. The first-order valence-electron chi connectivity index (χ1n) is 10.8. The number of ether oxygens (including phenoxy) is 1. The van der Waals surface area contributed by atoms with Gasteiger partial charge in [-0.15, -0.1) is 0 Å². The number of allylic oxidation sites excluding steroid dienone is 2. The number of benzene rings is 1. The van der Waals surface area contributed by atoms with Crippen molar-refractivity contribution in [1.29, 1.82) is 0 Å². The van der Waals surface area contributed by atoms with Gasteiger partial charge in [0.25, 0.3) is 0 Å². The molecule has 0 spiro atoms. The number of anilines is 1. The molecule has 0 N–H and O–H groups in total. The van der Waals surface area contributed by atoms with Gasteiger partial charge in [-0.25, -0.2) is 4.98 Å². The van der Waals surface area contributed by atoms with Gasteiger partial charge in [0.1, 0.15) is 0 Å². The molecule has 6 heteroatoms. The van der Waals surface area contributed by atoms with Crippen molar-refractivity contribution in [1.82, 2.24) is 9.55 Å². The Morgan fingerprint density at radius 2 is 2.07 bits per heavy atom. The van der Waals surface area contributed by atoms with Crippen LogP contribution in [0.25, 0.3) is 11.0 Å². The maximum Gasteiger partial charge on any atom is 0.320 e. The second-order valence-corrected chi connectivity index (χ2v) is 7.88. The van der Waals surface area contributed by atoms with Gasteiger partial charge in [0.15, 0.2) is 5.92 Å². The molecular weight excluding hydrogens is 366 g/mol. The van der Waals surface area contributed by atoms with E-state index in [0.717, 1.165) is 43.1 Å². The van der Waals surface area contributed by atoms with Gasteiger partial charge in [-0.1, -0.05) is 37.6 Å². The van der Waals surface area contributed by atoms with Crippen LogP contribution in [0.3, 0.4) is 0 Å². The van der Waals surface area contributed by atoms with Crippen LogP contribution >= 0.6 is 0 Å². The van der Waals surface area contributed by atoms with Crippen molar-refractivity contribution in [3.8, 4) is 0 Å². The zero-order chi connectivity index (χ0) is 20.4. The van der Waals surface area contributed by atoms with E-state index in [1.165, 1.54) is 0 Å². The van der Waals surface area contributed by atoms with E-state index >= 15 is 0 Å². The molecule has 154 valence electrons. The highest BCUT2D eigenvalue weighted by molar-refractivity contribution is 6.08. The number of aromatic nitrogens is 2. The highest BCUT2D eigenvalue weighted by Crippen LogP contribution is 2.44. The summed E-state index contributed by atoms with van der Waals surface area (Å²) in [7, 11) is 0. The standard InChI is InChI=1S/C23H29N3O3/c1-3-5-15-25-21(27)19(22(28)29-4-2)20(16-11-7-6-8-12-16)26-18-14-10-9-13-17(18)24-23(25)26/h6-7,9-10,13-14,16,19-20H,3-5,8,11-12,15H2,1-2H3/t16-,19-,20+/m1/s1. The number of imidazole rings is 1. The number of nitrogens with zero attached hydrogens (tertiary/aromatic N) is 3. The Balaban J connectivity index is 1.90. The summed E-state index contributed by atoms with van der Waals surface area (Å²) in [5.41, 5.74) is 1.84. The molecule has 2 aliphatic rings. The molecule has 0 radical (unpaired) electrons. The number of amides is 1. The molecule has 0 unspecified atom stereocenters. The number of hydrogen-bond acceptors (Lipinski definition) is 4. The molecule has 4 rings (SSSR count). The van der Waals surface area contributed by atoms with Crippen molar-refractivity contribution in [3.05, 3.63) is 36.4 Å².